The van der Waals surface area contributed by atoms with Crippen molar-refractivity contribution in [3.05, 3.63) is 30.6 Å². The van der Waals surface area contributed by atoms with Crippen LogP contribution >= 0.6 is 0 Å². The van der Waals surface area contributed by atoms with Crippen LogP contribution in [0.2, 0.25) is 0 Å². The Morgan fingerprint density at radius 3 is 2.95 bits per heavy atom. The van der Waals surface area contributed by atoms with Crippen molar-refractivity contribution in [2.75, 3.05) is 5.32 Å². The zero-order chi connectivity index (χ0) is 13.5. The Morgan fingerprint density at radius 1 is 1.30 bits per heavy atom. The van der Waals surface area contributed by atoms with Gasteiger partial charge in [-0.2, -0.15) is 5.10 Å². The number of hydrogen-bond acceptors (Lipinski definition) is 5. The first-order valence-electron chi connectivity index (χ1n) is 6.71. The van der Waals surface area contributed by atoms with Crippen molar-refractivity contribution in [2.24, 2.45) is 7.05 Å². The van der Waals surface area contributed by atoms with Crippen LogP contribution in [0.25, 0.3) is 11.2 Å². The summed E-state index contributed by atoms with van der Waals surface area (Å²) in [6.07, 6.45) is 7.80. The lowest BCUT2D eigenvalue weighted by atomic mass is 10.4. The SMILES string of the molecule is Cn1ccc(CNc2ncnc3c2ncn3C2CC2)n1. The maximum Gasteiger partial charge on any atom is 0.165 e. The highest BCUT2D eigenvalue weighted by atomic mass is 15.3. The molecule has 7 heteroatoms. The van der Waals surface area contributed by atoms with Crippen LogP contribution in [0.5, 0.6) is 0 Å². The van der Waals surface area contributed by atoms with Crippen molar-refractivity contribution in [2.45, 2.75) is 25.4 Å². The summed E-state index contributed by atoms with van der Waals surface area (Å²) in [4.78, 5) is 13.1. The number of rotatable bonds is 4. The Kier molecular flexibility index (Phi) is 2.45. The van der Waals surface area contributed by atoms with E-state index in [2.05, 4.69) is 29.9 Å². The van der Waals surface area contributed by atoms with Gasteiger partial charge < -0.3 is 9.88 Å². The Morgan fingerprint density at radius 2 is 2.20 bits per heavy atom. The van der Waals surface area contributed by atoms with E-state index in [9.17, 15) is 0 Å². The fourth-order valence-corrected chi connectivity index (χ4v) is 2.33. The van der Waals surface area contributed by atoms with E-state index in [1.54, 1.807) is 11.0 Å². The molecule has 0 unspecified atom stereocenters. The van der Waals surface area contributed by atoms with Gasteiger partial charge in [-0.05, 0) is 18.9 Å². The zero-order valence-corrected chi connectivity index (χ0v) is 11.2. The Bertz CT molecular complexity index is 753. The number of imidazole rings is 1. The second kappa shape index (κ2) is 4.29. The molecule has 3 aromatic rings. The van der Waals surface area contributed by atoms with E-state index in [0.29, 0.717) is 12.6 Å². The van der Waals surface area contributed by atoms with E-state index in [-0.39, 0.29) is 0 Å². The molecule has 1 aliphatic carbocycles. The van der Waals surface area contributed by atoms with E-state index >= 15 is 0 Å². The van der Waals surface area contributed by atoms with Crippen LogP contribution in [0.4, 0.5) is 5.82 Å². The fourth-order valence-electron chi connectivity index (χ4n) is 2.33. The van der Waals surface area contributed by atoms with Crippen molar-refractivity contribution < 1.29 is 0 Å². The number of aryl methyl sites for hydroxylation is 1. The highest BCUT2D eigenvalue weighted by Crippen LogP contribution is 2.37. The normalized spacial score (nSPS) is 14.8. The van der Waals surface area contributed by atoms with Gasteiger partial charge in [-0.15, -0.1) is 0 Å². The highest BCUT2D eigenvalue weighted by molar-refractivity contribution is 5.82. The fraction of sp³-hybridized carbons (Fsp3) is 0.385. The van der Waals surface area contributed by atoms with E-state index in [1.165, 1.54) is 12.8 Å². The maximum atomic E-state index is 4.45. The van der Waals surface area contributed by atoms with Gasteiger partial charge in [-0.1, -0.05) is 0 Å². The summed E-state index contributed by atoms with van der Waals surface area (Å²) in [5.74, 6) is 0.764. The lowest BCUT2D eigenvalue weighted by Gasteiger charge is -2.04. The van der Waals surface area contributed by atoms with Crippen molar-refractivity contribution in [3.8, 4) is 0 Å². The smallest absolute Gasteiger partial charge is 0.165 e. The predicted octanol–water partition coefficient (Wildman–Crippen LogP) is 1.51. The Labute approximate surface area is 115 Å². The number of aromatic nitrogens is 6. The monoisotopic (exact) mass is 269 g/mol. The minimum absolute atomic E-state index is 0.568. The summed E-state index contributed by atoms with van der Waals surface area (Å²) in [7, 11) is 1.91. The molecule has 0 saturated heterocycles. The highest BCUT2D eigenvalue weighted by Gasteiger charge is 2.26. The van der Waals surface area contributed by atoms with Crippen molar-refractivity contribution >= 4 is 17.0 Å². The van der Waals surface area contributed by atoms with Crippen LogP contribution in [-0.4, -0.2) is 29.3 Å². The largest absolute Gasteiger partial charge is 0.362 e. The Balaban J connectivity index is 1.62. The van der Waals surface area contributed by atoms with Gasteiger partial charge in [0.15, 0.2) is 11.5 Å². The number of nitrogens with one attached hydrogen (secondary N) is 1. The predicted molar refractivity (Wildman–Crippen MR) is 74.1 cm³/mol. The van der Waals surface area contributed by atoms with Crippen LogP contribution in [0, 0.1) is 0 Å². The molecule has 0 spiro atoms. The molecule has 102 valence electrons. The van der Waals surface area contributed by atoms with E-state index in [0.717, 1.165) is 22.7 Å². The molecule has 0 aliphatic heterocycles. The molecule has 20 heavy (non-hydrogen) atoms. The van der Waals surface area contributed by atoms with Crippen molar-refractivity contribution in [1.29, 1.82) is 0 Å². The molecular weight excluding hydrogens is 254 g/mol. The molecule has 1 fully saturated rings. The molecule has 7 nitrogen and oxygen atoms in total. The van der Waals surface area contributed by atoms with Crippen LogP contribution in [0.15, 0.2) is 24.9 Å². The topological polar surface area (TPSA) is 73.5 Å². The number of anilines is 1. The van der Waals surface area contributed by atoms with Gasteiger partial charge in [-0.25, -0.2) is 15.0 Å². The second-order valence-corrected chi connectivity index (χ2v) is 5.11. The molecular formula is C13H15N7. The third-order valence-corrected chi connectivity index (χ3v) is 3.50. The lowest BCUT2D eigenvalue weighted by molar-refractivity contribution is 0.747. The quantitative estimate of drug-likeness (QED) is 0.777. The van der Waals surface area contributed by atoms with Gasteiger partial charge in [0.25, 0.3) is 0 Å². The van der Waals surface area contributed by atoms with Crippen LogP contribution < -0.4 is 5.32 Å². The third kappa shape index (κ3) is 1.91. The van der Waals surface area contributed by atoms with Crippen LogP contribution in [-0.2, 0) is 13.6 Å². The van der Waals surface area contributed by atoms with Gasteiger partial charge in [0.2, 0.25) is 0 Å². The molecule has 3 heterocycles. The summed E-state index contributed by atoms with van der Waals surface area (Å²) in [6, 6.07) is 2.55. The minimum atomic E-state index is 0.568. The summed E-state index contributed by atoms with van der Waals surface area (Å²) in [6.45, 7) is 0.628. The summed E-state index contributed by atoms with van der Waals surface area (Å²) in [5, 5.41) is 7.62. The maximum absolute atomic E-state index is 4.45. The lowest BCUT2D eigenvalue weighted by Crippen LogP contribution is -2.04. The molecule has 4 rings (SSSR count). The summed E-state index contributed by atoms with van der Waals surface area (Å²) >= 11 is 0. The minimum Gasteiger partial charge on any atom is -0.362 e. The van der Waals surface area contributed by atoms with Gasteiger partial charge in [0.05, 0.1) is 18.6 Å². The molecule has 3 aromatic heterocycles. The summed E-state index contributed by atoms with van der Waals surface area (Å²) in [5.41, 5.74) is 2.71. The first-order valence-corrected chi connectivity index (χ1v) is 6.71. The second-order valence-electron chi connectivity index (χ2n) is 5.11. The molecule has 1 aliphatic rings. The molecule has 0 atom stereocenters. The molecule has 0 aromatic carbocycles. The first-order chi connectivity index (χ1) is 9.81. The van der Waals surface area contributed by atoms with Crippen LogP contribution in [0.1, 0.15) is 24.6 Å². The average Bonchev–Trinajstić information content (AvgIpc) is 3.06. The van der Waals surface area contributed by atoms with Gasteiger partial charge in [-0.3, -0.25) is 4.68 Å². The number of hydrogen-bond donors (Lipinski definition) is 1. The van der Waals surface area contributed by atoms with Crippen molar-refractivity contribution in [3.63, 3.8) is 0 Å². The molecule has 0 radical (unpaired) electrons. The third-order valence-electron chi connectivity index (χ3n) is 3.50. The Hall–Kier alpha value is -2.44. The standard InChI is InChI=1S/C13H15N7/c1-19-5-4-9(18-19)6-14-12-11-13(16-7-15-12)20(8-17-11)10-2-3-10/h4-5,7-8,10H,2-3,6H2,1H3,(H,14,15,16). The summed E-state index contributed by atoms with van der Waals surface area (Å²) < 4.78 is 3.93. The average molecular weight is 269 g/mol. The molecule has 1 saturated carbocycles. The van der Waals surface area contributed by atoms with E-state index < -0.39 is 0 Å². The van der Waals surface area contributed by atoms with Crippen LogP contribution in [0.3, 0.4) is 0 Å². The zero-order valence-electron chi connectivity index (χ0n) is 11.2. The molecule has 0 amide bonds. The van der Waals surface area contributed by atoms with Gasteiger partial charge >= 0.3 is 0 Å². The molecule has 0 bridgehead atoms. The number of fused-ring (bicyclic) bond motifs is 1. The van der Waals surface area contributed by atoms with Gasteiger partial charge in [0, 0.05) is 19.3 Å². The first kappa shape index (κ1) is 11.4. The number of nitrogens with zero attached hydrogens (tertiary/aromatic N) is 6. The van der Waals surface area contributed by atoms with E-state index in [1.807, 2.05) is 25.6 Å². The molecule has 1 N–H and O–H groups in total. The van der Waals surface area contributed by atoms with Gasteiger partial charge in [0.1, 0.15) is 11.8 Å². The van der Waals surface area contributed by atoms with Crippen molar-refractivity contribution in [1.82, 2.24) is 29.3 Å². The van der Waals surface area contributed by atoms with E-state index in [4.69, 9.17) is 0 Å².